The number of hydrogen-bond acceptors (Lipinski definition) is 7. The number of rotatable bonds is 13. The van der Waals surface area contributed by atoms with E-state index >= 15 is 0 Å². The molecule has 1 aliphatic heterocycles. The van der Waals surface area contributed by atoms with Crippen LogP contribution in [0.3, 0.4) is 0 Å². The molecule has 232 valence electrons. The molecule has 1 aliphatic rings. The van der Waals surface area contributed by atoms with Crippen LogP contribution in [0.4, 0.5) is 0 Å². The van der Waals surface area contributed by atoms with Crippen molar-refractivity contribution in [2.45, 2.75) is 88.9 Å². The highest BCUT2D eigenvalue weighted by Gasteiger charge is 2.50. The first kappa shape index (κ1) is 33.4. The Morgan fingerprint density at radius 1 is 0.791 bits per heavy atom. The van der Waals surface area contributed by atoms with Crippen LogP contribution in [-0.4, -0.2) is 56.5 Å². The third kappa shape index (κ3) is 9.27. The Balaban J connectivity index is 1.68. The predicted octanol–water partition coefficient (Wildman–Crippen LogP) is 7.88. The Labute approximate surface area is 262 Å². The smallest absolute Gasteiger partial charge is 0.338 e. The van der Waals surface area contributed by atoms with Gasteiger partial charge in [0.25, 0.3) is 0 Å². The van der Waals surface area contributed by atoms with E-state index in [0.717, 1.165) is 16.9 Å². The normalized spacial score (nSPS) is 22.7. The largest absolute Gasteiger partial charge is 0.452 e. The quantitative estimate of drug-likeness (QED) is 0.142. The van der Waals surface area contributed by atoms with E-state index in [0.29, 0.717) is 25.4 Å². The van der Waals surface area contributed by atoms with Crippen molar-refractivity contribution in [1.29, 1.82) is 0 Å². The fourth-order valence-electron chi connectivity index (χ4n) is 4.63. The van der Waals surface area contributed by atoms with E-state index in [1.165, 1.54) is 0 Å². The van der Waals surface area contributed by atoms with Gasteiger partial charge in [0.1, 0.15) is 23.7 Å². The maximum Gasteiger partial charge on any atom is 0.338 e. The molecule has 0 spiro atoms. The van der Waals surface area contributed by atoms with Crippen molar-refractivity contribution in [2.75, 3.05) is 12.4 Å². The van der Waals surface area contributed by atoms with E-state index in [2.05, 4.69) is 40.8 Å². The van der Waals surface area contributed by atoms with Gasteiger partial charge in [0.05, 0.1) is 25.4 Å². The van der Waals surface area contributed by atoms with Crippen molar-refractivity contribution < 1.29 is 28.2 Å². The molecule has 4 rings (SSSR count). The predicted molar refractivity (Wildman–Crippen MR) is 176 cm³/mol. The highest BCUT2D eigenvalue weighted by molar-refractivity contribution is 7.99. The second-order valence-electron chi connectivity index (χ2n) is 12.3. The first-order valence-electron chi connectivity index (χ1n) is 15.1. The first-order valence-corrected chi connectivity index (χ1v) is 19.0. The Bertz CT molecular complexity index is 1250. The van der Waals surface area contributed by atoms with Gasteiger partial charge < -0.3 is 23.4 Å². The van der Waals surface area contributed by atoms with Gasteiger partial charge in [0, 0.05) is 0 Å². The first-order chi connectivity index (χ1) is 20.6. The van der Waals surface area contributed by atoms with Gasteiger partial charge in [0.2, 0.25) is 0 Å². The van der Waals surface area contributed by atoms with Crippen LogP contribution < -0.4 is 0 Å². The zero-order valence-electron chi connectivity index (χ0n) is 26.2. The van der Waals surface area contributed by atoms with E-state index in [1.807, 2.05) is 78.9 Å². The van der Waals surface area contributed by atoms with Gasteiger partial charge in [-0.2, -0.15) is 0 Å². The average Bonchev–Trinajstić information content (AvgIpc) is 3.00. The van der Waals surface area contributed by atoms with E-state index in [1.54, 1.807) is 23.9 Å². The lowest BCUT2D eigenvalue weighted by molar-refractivity contribution is -0.238. The lowest BCUT2D eigenvalue weighted by Crippen LogP contribution is -2.61. The number of thioether (sulfide) groups is 1. The summed E-state index contributed by atoms with van der Waals surface area (Å²) >= 11 is 1.60. The lowest BCUT2D eigenvalue weighted by Gasteiger charge is -2.46. The van der Waals surface area contributed by atoms with E-state index in [-0.39, 0.29) is 5.04 Å². The molecule has 3 aromatic carbocycles. The second-order valence-corrected chi connectivity index (χ2v) is 18.5. The Hall–Kier alpha value is -2.46. The van der Waals surface area contributed by atoms with Crippen LogP contribution in [0, 0.1) is 0 Å². The van der Waals surface area contributed by atoms with Crippen LogP contribution in [0.2, 0.25) is 18.1 Å². The molecule has 1 fully saturated rings. The molecule has 5 atom stereocenters. The summed E-state index contributed by atoms with van der Waals surface area (Å²) in [5.41, 5.74) is 2.09. The fourth-order valence-corrected chi connectivity index (χ4v) is 6.60. The number of benzene rings is 3. The molecule has 0 unspecified atom stereocenters. The highest BCUT2D eigenvalue weighted by Crippen LogP contribution is 2.39. The van der Waals surface area contributed by atoms with Gasteiger partial charge >= 0.3 is 5.97 Å². The topological polar surface area (TPSA) is 63.2 Å². The SMILES string of the molecule is CCS[C@H]1O[C@H](CO[Si](C)(C)C(C)(C)C)[C@@H](OCc2ccccc2)[C@H](OCc2ccccc2)[C@@H]1OC(=O)c1ccccc1. The van der Waals surface area contributed by atoms with Crippen molar-refractivity contribution in [3.63, 3.8) is 0 Å². The highest BCUT2D eigenvalue weighted by atomic mass is 32.2. The molecule has 1 saturated heterocycles. The van der Waals surface area contributed by atoms with Crippen LogP contribution in [0.25, 0.3) is 0 Å². The summed E-state index contributed by atoms with van der Waals surface area (Å²) in [7, 11) is -2.09. The van der Waals surface area contributed by atoms with Gasteiger partial charge in [0.15, 0.2) is 14.4 Å². The molecular weight excluding hydrogens is 577 g/mol. The fraction of sp³-hybridized carbons (Fsp3) is 0.457. The van der Waals surface area contributed by atoms with Crippen LogP contribution >= 0.6 is 11.8 Å². The molecule has 43 heavy (non-hydrogen) atoms. The summed E-state index contributed by atoms with van der Waals surface area (Å²) in [5, 5.41) is 0.0383. The molecule has 0 radical (unpaired) electrons. The third-order valence-electron chi connectivity index (χ3n) is 8.16. The standard InChI is InChI=1S/C35H46O6SSi/c1-7-42-34-32(41-33(36)28-21-15-10-16-22-28)31(38-24-27-19-13-9-14-20-27)30(37-23-26-17-11-8-12-18-26)29(40-34)25-39-43(5,6)35(2,3)4/h8-22,29-32,34H,7,23-25H2,1-6H3/t29-,30-,31+,32+,34-/m1/s1. The minimum Gasteiger partial charge on any atom is -0.452 e. The molecule has 8 heteroatoms. The van der Waals surface area contributed by atoms with Gasteiger partial charge in [-0.1, -0.05) is 107 Å². The summed E-state index contributed by atoms with van der Waals surface area (Å²) in [4.78, 5) is 13.4. The van der Waals surface area contributed by atoms with E-state index in [9.17, 15) is 4.79 Å². The minimum atomic E-state index is -2.09. The molecule has 0 N–H and O–H groups in total. The maximum absolute atomic E-state index is 13.4. The van der Waals surface area contributed by atoms with Crippen molar-refractivity contribution in [1.82, 2.24) is 0 Å². The average molecular weight is 623 g/mol. The van der Waals surface area contributed by atoms with Crippen molar-refractivity contribution >= 4 is 26.0 Å². The Morgan fingerprint density at radius 2 is 1.30 bits per heavy atom. The zero-order chi connectivity index (χ0) is 30.9. The Morgan fingerprint density at radius 3 is 1.81 bits per heavy atom. The monoisotopic (exact) mass is 622 g/mol. The summed E-state index contributed by atoms with van der Waals surface area (Å²) in [5.74, 6) is 0.364. The number of carbonyl (C=O) groups is 1. The van der Waals surface area contributed by atoms with Crippen molar-refractivity contribution in [3.05, 3.63) is 108 Å². The molecule has 0 aromatic heterocycles. The van der Waals surface area contributed by atoms with Gasteiger partial charge in [-0.3, -0.25) is 0 Å². The third-order valence-corrected chi connectivity index (χ3v) is 13.7. The summed E-state index contributed by atoms with van der Waals surface area (Å²) < 4.78 is 33.0. The summed E-state index contributed by atoms with van der Waals surface area (Å²) in [6.07, 6.45) is -2.26. The van der Waals surface area contributed by atoms with Crippen molar-refractivity contribution in [3.8, 4) is 0 Å². The second kappa shape index (κ2) is 15.5. The number of hydrogen-bond donors (Lipinski definition) is 0. The molecule has 0 amide bonds. The molecule has 0 bridgehead atoms. The molecule has 1 heterocycles. The van der Waals surface area contributed by atoms with Crippen LogP contribution in [0.5, 0.6) is 0 Å². The molecule has 0 saturated carbocycles. The van der Waals surface area contributed by atoms with E-state index in [4.69, 9.17) is 23.4 Å². The minimum absolute atomic E-state index is 0.0383. The number of ether oxygens (including phenoxy) is 4. The molecule has 3 aromatic rings. The summed E-state index contributed by atoms with van der Waals surface area (Å²) in [6, 6.07) is 29.1. The van der Waals surface area contributed by atoms with Crippen molar-refractivity contribution in [2.24, 2.45) is 0 Å². The maximum atomic E-state index is 13.4. The lowest BCUT2D eigenvalue weighted by atomic mass is 9.99. The van der Waals surface area contributed by atoms with Gasteiger partial charge in [-0.25, -0.2) is 4.79 Å². The van der Waals surface area contributed by atoms with Crippen LogP contribution in [0.15, 0.2) is 91.0 Å². The zero-order valence-corrected chi connectivity index (χ0v) is 28.0. The van der Waals surface area contributed by atoms with E-state index < -0.39 is 44.1 Å². The molecule has 0 aliphatic carbocycles. The van der Waals surface area contributed by atoms with Crippen LogP contribution in [0.1, 0.15) is 49.2 Å². The molecule has 6 nitrogen and oxygen atoms in total. The van der Waals surface area contributed by atoms with Crippen LogP contribution in [-0.2, 0) is 36.6 Å². The molecular formula is C35H46O6SSi. The van der Waals surface area contributed by atoms with Gasteiger partial charge in [-0.15, -0.1) is 11.8 Å². The van der Waals surface area contributed by atoms with Gasteiger partial charge in [-0.05, 0) is 47.1 Å². The Kier molecular flexibility index (Phi) is 12.1. The number of carbonyl (C=O) groups excluding carboxylic acids is 1. The number of esters is 1. The summed E-state index contributed by atoms with van der Waals surface area (Å²) in [6.45, 7) is 14.3.